The molecule has 0 radical (unpaired) electrons. The lowest BCUT2D eigenvalue weighted by molar-refractivity contribution is -0.916. The van der Waals surface area contributed by atoms with Gasteiger partial charge in [-0.1, -0.05) is 54.1 Å². The number of rotatable bonds is 5. The quantitative estimate of drug-likeness (QED) is 0.771. The maximum atomic E-state index is 12.4. The van der Waals surface area contributed by atoms with Crippen LogP contribution in [0.2, 0.25) is 5.02 Å². The van der Waals surface area contributed by atoms with E-state index >= 15 is 0 Å². The maximum absolute atomic E-state index is 12.4. The first kappa shape index (κ1) is 17.0. The van der Waals surface area contributed by atoms with Crippen LogP contribution in [-0.4, -0.2) is 19.0 Å². The standard InChI is InChI=1S/C17H18ClN3O2/c1-21(11-12-7-9-14(18)10-8-12)15(16(22)20-17(19)23)13-5-3-2-4-6-13/h2-10,15H,11H2,1H3,(H3,19,20,22,23)/p+1/t15-/m1/s1. The van der Waals surface area contributed by atoms with Crippen LogP contribution < -0.4 is 16.0 Å². The zero-order valence-corrected chi connectivity index (χ0v) is 13.5. The normalized spacial score (nSPS) is 13.1. The number of urea groups is 1. The molecule has 0 saturated carbocycles. The molecule has 4 N–H and O–H groups in total. The zero-order chi connectivity index (χ0) is 16.8. The second-order valence-electron chi connectivity index (χ2n) is 5.35. The molecule has 0 aromatic heterocycles. The van der Waals surface area contributed by atoms with E-state index in [1.54, 1.807) is 0 Å². The number of benzene rings is 2. The highest BCUT2D eigenvalue weighted by molar-refractivity contribution is 6.30. The third kappa shape index (κ3) is 4.81. The summed E-state index contributed by atoms with van der Waals surface area (Å²) in [5, 5.41) is 2.84. The maximum Gasteiger partial charge on any atom is 0.319 e. The third-order valence-corrected chi connectivity index (χ3v) is 3.78. The number of hydrogen-bond donors (Lipinski definition) is 3. The lowest BCUT2D eigenvalue weighted by Crippen LogP contribution is -3.09. The number of quaternary nitrogens is 1. The van der Waals surface area contributed by atoms with E-state index in [-0.39, 0.29) is 0 Å². The minimum Gasteiger partial charge on any atom is -0.351 e. The molecule has 0 aliphatic rings. The van der Waals surface area contributed by atoms with Crippen molar-refractivity contribution >= 4 is 23.5 Å². The summed E-state index contributed by atoms with van der Waals surface area (Å²) in [5.41, 5.74) is 6.94. The molecule has 2 rings (SSSR count). The predicted molar refractivity (Wildman–Crippen MR) is 89.0 cm³/mol. The first-order chi connectivity index (χ1) is 11.0. The summed E-state index contributed by atoms with van der Waals surface area (Å²) in [7, 11) is 1.90. The molecular formula is C17H19ClN3O2+. The van der Waals surface area contributed by atoms with Crippen molar-refractivity contribution in [2.24, 2.45) is 5.73 Å². The van der Waals surface area contributed by atoms with Crippen LogP contribution in [0.1, 0.15) is 17.2 Å². The van der Waals surface area contributed by atoms with E-state index in [2.05, 4.69) is 5.32 Å². The van der Waals surface area contributed by atoms with Gasteiger partial charge in [0.15, 0.2) is 6.04 Å². The minimum absolute atomic E-state index is 0.421. The van der Waals surface area contributed by atoms with Crippen molar-refractivity contribution in [2.45, 2.75) is 12.6 Å². The summed E-state index contributed by atoms with van der Waals surface area (Å²) in [6.07, 6.45) is 0. The predicted octanol–water partition coefficient (Wildman–Crippen LogP) is 1.29. The fourth-order valence-electron chi connectivity index (χ4n) is 2.53. The Bertz CT molecular complexity index is 674. The molecule has 0 spiro atoms. The molecule has 23 heavy (non-hydrogen) atoms. The van der Waals surface area contributed by atoms with Crippen molar-refractivity contribution in [3.05, 3.63) is 70.7 Å². The van der Waals surface area contributed by atoms with Gasteiger partial charge in [0, 0.05) is 16.1 Å². The van der Waals surface area contributed by atoms with E-state index in [0.29, 0.717) is 11.6 Å². The number of primary amides is 1. The monoisotopic (exact) mass is 332 g/mol. The lowest BCUT2D eigenvalue weighted by atomic mass is 10.0. The first-order valence-electron chi connectivity index (χ1n) is 7.19. The number of nitrogens with two attached hydrogens (primary N) is 1. The van der Waals surface area contributed by atoms with Crippen LogP contribution in [0, 0.1) is 0 Å². The Balaban J connectivity index is 2.23. The summed E-state index contributed by atoms with van der Waals surface area (Å²) in [6.45, 7) is 0.600. The van der Waals surface area contributed by atoms with E-state index in [9.17, 15) is 9.59 Å². The molecule has 0 aliphatic carbocycles. The van der Waals surface area contributed by atoms with Gasteiger partial charge < -0.3 is 10.6 Å². The van der Waals surface area contributed by atoms with Gasteiger partial charge in [-0.25, -0.2) is 4.79 Å². The SMILES string of the molecule is C[NH+](Cc1ccc(Cl)cc1)[C@@H](C(=O)NC(N)=O)c1ccccc1. The molecule has 0 saturated heterocycles. The number of imide groups is 1. The van der Waals surface area contributed by atoms with E-state index in [0.717, 1.165) is 16.0 Å². The third-order valence-electron chi connectivity index (χ3n) is 3.53. The van der Waals surface area contributed by atoms with Crippen LogP contribution in [0.25, 0.3) is 0 Å². The van der Waals surface area contributed by atoms with Gasteiger partial charge in [-0.3, -0.25) is 10.1 Å². The van der Waals surface area contributed by atoms with Crippen molar-refractivity contribution in [3.63, 3.8) is 0 Å². The zero-order valence-electron chi connectivity index (χ0n) is 12.8. The Morgan fingerprint density at radius 2 is 1.74 bits per heavy atom. The van der Waals surface area contributed by atoms with Gasteiger partial charge in [0.1, 0.15) is 6.54 Å². The van der Waals surface area contributed by atoms with Gasteiger partial charge >= 0.3 is 6.03 Å². The number of carbonyl (C=O) groups is 2. The van der Waals surface area contributed by atoms with Gasteiger partial charge in [0.2, 0.25) is 0 Å². The van der Waals surface area contributed by atoms with Gasteiger partial charge in [-0.05, 0) is 12.1 Å². The second-order valence-corrected chi connectivity index (χ2v) is 5.78. The Morgan fingerprint density at radius 1 is 1.13 bits per heavy atom. The van der Waals surface area contributed by atoms with E-state index in [4.69, 9.17) is 17.3 Å². The van der Waals surface area contributed by atoms with Crippen LogP contribution in [0.3, 0.4) is 0 Å². The van der Waals surface area contributed by atoms with Crippen LogP contribution in [0.4, 0.5) is 4.79 Å². The van der Waals surface area contributed by atoms with Crippen LogP contribution in [0.5, 0.6) is 0 Å². The Morgan fingerprint density at radius 3 is 2.30 bits per heavy atom. The van der Waals surface area contributed by atoms with Crippen molar-refractivity contribution in [3.8, 4) is 0 Å². The molecule has 0 heterocycles. The number of carbonyl (C=O) groups excluding carboxylic acids is 2. The van der Waals surface area contributed by atoms with Crippen LogP contribution in [-0.2, 0) is 11.3 Å². The van der Waals surface area contributed by atoms with Crippen molar-refractivity contribution in [1.82, 2.24) is 5.32 Å². The number of nitrogens with one attached hydrogen (secondary N) is 2. The molecule has 2 aromatic carbocycles. The average molecular weight is 333 g/mol. The van der Waals surface area contributed by atoms with Gasteiger partial charge in [-0.15, -0.1) is 0 Å². The summed E-state index contributed by atoms with van der Waals surface area (Å²) in [4.78, 5) is 24.3. The molecule has 1 unspecified atom stereocenters. The smallest absolute Gasteiger partial charge is 0.319 e. The Hall–Kier alpha value is -2.37. The molecule has 6 heteroatoms. The Kier molecular flexibility index (Phi) is 5.73. The minimum atomic E-state index is -0.852. The molecule has 120 valence electrons. The summed E-state index contributed by atoms with van der Waals surface area (Å²) in [5.74, 6) is -0.421. The highest BCUT2D eigenvalue weighted by atomic mass is 35.5. The average Bonchev–Trinajstić information content (AvgIpc) is 2.50. The lowest BCUT2D eigenvalue weighted by Gasteiger charge is -2.24. The molecule has 0 aliphatic heterocycles. The van der Waals surface area contributed by atoms with Crippen LogP contribution >= 0.6 is 11.6 Å². The molecular weight excluding hydrogens is 314 g/mol. The van der Waals surface area contributed by atoms with E-state index in [1.165, 1.54) is 0 Å². The summed E-state index contributed by atoms with van der Waals surface area (Å²) >= 11 is 5.89. The summed E-state index contributed by atoms with van der Waals surface area (Å²) < 4.78 is 0. The Labute approximate surface area is 140 Å². The van der Waals surface area contributed by atoms with Crippen molar-refractivity contribution in [2.75, 3.05) is 7.05 Å². The number of hydrogen-bond acceptors (Lipinski definition) is 2. The second kappa shape index (κ2) is 7.76. The molecule has 0 fully saturated rings. The van der Waals surface area contributed by atoms with Crippen molar-refractivity contribution in [1.29, 1.82) is 0 Å². The topological polar surface area (TPSA) is 76.6 Å². The largest absolute Gasteiger partial charge is 0.351 e. The molecule has 0 bridgehead atoms. The van der Waals surface area contributed by atoms with E-state index in [1.807, 2.05) is 61.6 Å². The van der Waals surface area contributed by atoms with Gasteiger partial charge in [0.25, 0.3) is 5.91 Å². The fourth-order valence-corrected chi connectivity index (χ4v) is 2.65. The van der Waals surface area contributed by atoms with Crippen molar-refractivity contribution < 1.29 is 14.5 Å². The highest BCUT2D eigenvalue weighted by Crippen LogP contribution is 2.12. The molecule has 2 atom stereocenters. The number of amides is 3. The number of likely N-dealkylation sites (N-methyl/N-ethyl adjacent to an activating group) is 1. The number of halogens is 1. The van der Waals surface area contributed by atoms with Gasteiger partial charge in [0.05, 0.1) is 7.05 Å². The highest BCUT2D eigenvalue weighted by Gasteiger charge is 2.29. The van der Waals surface area contributed by atoms with Crippen LogP contribution in [0.15, 0.2) is 54.6 Å². The first-order valence-corrected chi connectivity index (χ1v) is 7.57. The fraction of sp³-hybridized carbons (Fsp3) is 0.176. The molecule has 5 nitrogen and oxygen atoms in total. The molecule has 2 aromatic rings. The van der Waals surface area contributed by atoms with E-state index < -0.39 is 18.0 Å². The summed E-state index contributed by atoms with van der Waals surface area (Å²) in [6, 6.07) is 15.4. The molecule has 3 amide bonds. The van der Waals surface area contributed by atoms with Gasteiger partial charge in [-0.2, -0.15) is 0 Å².